The number of rotatable bonds is 14. The lowest BCUT2D eigenvalue weighted by Gasteiger charge is -2.36. The highest BCUT2D eigenvalue weighted by molar-refractivity contribution is 6.05. The minimum Gasteiger partial charge on any atom is -0.497 e. The number of hydrogen-bond acceptors (Lipinski definition) is 15. The first-order valence-corrected chi connectivity index (χ1v) is 27.7. The third-order valence-electron chi connectivity index (χ3n) is 15.1. The first-order chi connectivity index (χ1) is 37.7. The minimum absolute atomic E-state index is 0.0183. The van der Waals surface area contributed by atoms with Gasteiger partial charge in [-0.1, -0.05) is 92.1 Å². The molecule has 2 fully saturated rings. The summed E-state index contributed by atoms with van der Waals surface area (Å²) in [6.07, 6.45) is -4.48. The predicted octanol–water partition coefficient (Wildman–Crippen LogP) is 4.36. The number of hydrogen-bond donors (Lipinski definition) is 4. The van der Waals surface area contributed by atoms with Crippen molar-refractivity contribution in [3.05, 3.63) is 76.1 Å². The second-order valence-corrected chi connectivity index (χ2v) is 22.5. The van der Waals surface area contributed by atoms with E-state index in [-0.39, 0.29) is 55.2 Å². The number of methoxy groups -OCH3 is 1. The summed E-state index contributed by atoms with van der Waals surface area (Å²) in [5.41, 5.74) is -0.489. The Bertz CT molecular complexity index is 2780. The van der Waals surface area contributed by atoms with E-state index in [2.05, 4.69) is 16.0 Å². The zero-order valence-electron chi connectivity index (χ0n) is 48.4. The van der Waals surface area contributed by atoms with Gasteiger partial charge >= 0.3 is 17.6 Å². The van der Waals surface area contributed by atoms with E-state index in [0.717, 1.165) is 4.90 Å². The molecule has 0 saturated carbocycles. The van der Waals surface area contributed by atoms with Crippen molar-refractivity contribution in [2.24, 2.45) is 29.6 Å². The fourth-order valence-electron chi connectivity index (χ4n) is 10.1. The number of cyclic esters (lactones) is 2. The quantitative estimate of drug-likeness (QED) is 0.0992. The van der Waals surface area contributed by atoms with E-state index in [0.29, 0.717) is 29.5 Å². The van der Waals surface area contributed by atoms with Crippen molar-refractivity contribution in [2.75, 3.05) is 27.7 Å². The number of amides is 6. The van der Waals surface area contributed by atoms with Gasteiger partial charge in [-0.2, -0.15) is 0 Å². The summed E-state index contributed by atoms with van der Waals surface area (Å²) in [6.45, 7) is 16.8. The van der Waals surface area contributed by atoms with Crippen LogP contribution in [0.5, 0.6) is 5.75 Å². The number of fused-ring (bicyclic) bond motifs is 2. The summed E-state index contributed by atoms with van der Waals surface area (Å²) in [4.78, 5) is 147. The molecule has 3 heterocycles. The monoisotopic (exact) mass is 1110 g/mol. The molecule has 5 rings (SSSR count). The van der Waals surface area contributed by atoms with Crippen LogP contribution in [0.1, 0.15) is 124 Å². The van der Waals surface area contributed by atoms with Crippen LogP contribution in [0.25, 0.3) is 11.0 Å². The lowest BCUT2D eigenvalue weighted by atomic mass is 9.91. The van der Waals surface area contributed by atoms with Crippen molar-refractivity contribution in [3.8, 4) is 5.75 Å². The lowest BCUT2D eigenvalue weighted by Crippen LogP contribution is -2.61. The Kier molecular flexibility index (Phi) is 22.5. The molecule has 21 nitrogen and oxygen atoms in total. The summed E-state index contributed by atoms with van der Waals surface area (Å²) in [6, 6.07) is 6.60. The van der Waals surface area contributed by atoms with Crippen LogP contribution in [-0.2, 0) is 54.3 Å². The van der Waals surface area contributed by atoms with Crippen molar-refractivity contribution in [3.63, 3.8) is 0 Å². The Morgan fingerprint density at radius 1 is 0.875 bits per heavy atom. The van der Waals surface area contributed by atoms with Crippen LogP contribution in [0.15, 0.2) is 63.8 Å². The van der Waals surface area contributed by atoms with E-state index in [1.165, 1.54) is 50.9 Å². The van der Waals surface area contributed by atoms with E-state index in [1.807, 2.05) is 13.8 Å². The Labute approximate surface area is 468 Å². The van der Waals surface area contributed by atoms with Crippen molar-refractivity contribution in [1.82, 2.24) is 30.7 Å². The molecule has 2 saturated heterocycles. The highest BCUT2D eigenvalue weighted by Gasteiger charge is 2.45. The zero-order chi connectivity index (χ0) is 59.4. The normalized spacial score (nSPS) is 25.2. The third kappa shape index (κ3) is 15.8. The van der Waals surface area contributed by atoms with Gasteiger partial charge in [0.2, 0.25) is 29.5 Å². The van der Waals surface area contributed by atoms with E-state index >= 15 is 4.79 Å². The van der Waals surface area contributed by atoms with Crippen molar-refractivity contribution in [2.45, 2.75) is 169 Å². The zero-order valence-corrected chi connectivity index (χ0v) is 48.4. The number of para-hydroxylation sites is 1. The number of carbonyl (C=O) groups is 9. The predicted molar refractivity (Wildman–Crippen MR) is 296 cm³/mol. The molecule has 0 bridgehead atoms. The molecular weight excluding hydrogens is 1030 g/mol. The van der Waals surface area contributed by atoms with Gasteiger partial charge in [0.1, 0.15) is 53.2 Å². The van der Waals surface area contributed by atoms with Crippen LogP contribution < -0.4 is 26.3 Å². The van der Waals surface area contributed by atoms with Crippen LogP contribution >= 0.6 is 0 Å². The van der Waals surface area contributed by atoms with E-state index in [9.17, 15) is 48.3 Å². The molecule has 2 aliphatic heterocycles. The molecule has 2 aromatic carbocycles. The number of nitrogens with one attached hydrogen (secondary N) is 3. The number of benzene rings is 2. The molecule has 0 spiro atoms. The average Bonchev–Trinajstić information content (AvgIpc) is 3.91. The lowest BCUT2D eigenvalue weighted by molar-refractivity contribution is -0.163. The first-order valence-electron chi connectivity index (χ1n) is 27.7. The Hall–Kier alpha value is -7.16. The van der Waals surface area contributed by atoms with Gasteiger partial charge in [0.15, 0.2) is 11.9 Å². The summed E-state index contributed by atoms with van der Waals surface area (Å²) >= 11 is 0. The van der Waals surface area contributed by atoms with Crippen molar-refractivity contribution >= 4 is 64.1 Å². The minimum atomic E-state index is -1.79. The maximum absolute atomic E-state index is 15.0. The SMILES string of the molecule is CC[C@H](C)[C@H]1NC(=O)[C@@H](NC(=O)[C@@H](CC(C)C)N(C)C(=O)c2cc3ccccc3oc2=O)[C@H](C)OC(=O)[C@H](Cc2ccc(OC)cc2)N(C)C(=O)[C@@H]2CCCN2C(=O)[C@@H](CC(C)C)NC(=O)[C@@H](C)C(=O)[C@@H](C(C)C)OC(=O)C[C@H]1O. The van der Waals surface area contributed by atoms with Crippen LogP contribution in [0, 0.1) is 29.6 Å². The summed E-state index contributed by atoms with van der Waals surface area (Å²) in [5.74, 6) is -10.1. The number of nitrogens with zero attached hydrogens (tertiary/aromatic N) is 3. The molecule has 1 aromatic heterocycles. The number of Topliss-reactive ketones (excluding diaryl/α,β-unsaturated/α-hetero) is 1. The maximum atomic E-state index is 15.0. The topological polar surface area (TPSA) is 278 Å². The molecule has 0 unspecified atom stereocenters. The van der Waals surface area contributed by atoms with Gasteiger partial charge < -0.3 is 54.4 Å². The molecule has 0 radical (unpaired) electrons. The van der Waals surface area contributed by atoms with Gasteiger partial charge in [-0.05, 0) is 93.0 Å². The molecule has 80 heavy (non-hydrogen) atoms. The van der Waals surface area contributed by atoms with E-state index in [1.54, 1.807) is 90.1 Å². The molecule has 2 aliphatic rings. The molecule has 4 N–H and O–H groups in total. The third-order valence-corrected chi connectivity index (χ3v) is 15.1. The van der Waals surface area contributed by atoms with Crippen LogP contribution in [0.3, 0.4) is 0 Å². The second kappa shape index (κ2) is 28.3. The van der Waals surface area contributed by atoms with E-state index < -0.39 is 138 Å². The molecule has 6 amide bonds. The Morgan fingerprint density at radius 2 is 1.54 bits per heavy atom. The largest absolute Gasteiger partial charge is 0.497 e. The van der Waals surface area contributed by atoms with Crippen LogP contribution in [0.2, 0.25) is 0 Å². The number of likely N-dealkylation sites (N-methyl/N-ethyl adjacent to an activating group) is 2. The van der Waals surface area contributed by atoms with Gasteiger partial charge in [0.05, 0.1) is 31.6 Å². The average molecular weight is 1120 g/mol. The number of aliphatic hydroxyl groups excluding tert-OH is 1. The number of esters is 2. The summed E-state index contributed by atoms with van der Waals surface area (Å²) < 4.78 is 22.7. The number of ether oxygens (including phenoxy) is 3. The van der Waals surface area contributed by atoms with Crippen molar-refractivity contribution < 1.29 is 66.9 Å². The first kappa shape index (κ1) is 63.7. The van der Waals surface area contributed by atoms with Crippen molar-refractivity contribution in [1.29, 1.82) is 0 Å². The maximum Gasteiger partial charge on any atom is 0.349 e. The van der Waals surface area contributed by atoms with Crippen LogP contribution in [-0.4, -0.2) is 155 Å². The molecule has 11 atom stereocenters. The second-order valence-electron chi connectivity index (χ2n) is 22.5. The van der Waals surface area contributed by atoms with E-state index in [4.69, 9.17) is 18.6 Å². The van der Waals surface area contributed by atoms with Gasteiger partial charge in [-0.25, -0.2) is 9.59 Å². The number of aliphatic hydroxyl groups is 1. The highest BCUT2D eigenvalue weighted by atomic mass is 16.6. The Morgan fingerprint density at radius 3 is 2.15 bits per heavy atom. The summed E-state index contributed by atoms with van der Waals surface area (Å²) in [5, 5.41) is 20.5. The molecule has 0 aliphatic carbocycles. The summed E-state index contributed by atoms with van der Waals surface area (Å²) in [7, 11) is 4.21. The molecule has 21 heteroatoms. The smallest absolute Gasteiger partial charge is 0.349 e. The highest BCUT2D eigenvalue weighted by Crippen LogP contribution is 2.27. The number of ketones is 1. The fourth-order valence-corrected chi connectivity index (χ4v) is 10.1. The molecule has 3 aromatic rings. The van der Waals surface area contributed by atoms with Gasteiger partial charge in [0, 0.05) is 32.4 Å². The van der Waals surface area contributed by atoms with Gasteiger partial charge in [-0.3, -0.25) is 38.4 Å². The fraction of sp³-hybridized carbons (Fsp3) is 0.593. The molecular formula is C59H82N6O15. The van der Waals surface area contributed by atoms with Crippen LogP contribution in [0.4, 0.5) is 0 Å². The standard InChI is InChI=1S/C59H82N6O15/c1-14-34(8)48-45(66)30-47(67)80-51(33(6)7)50(68)35(9)52(69)60-41(26-31(2)3)56(73)65-25-17-19-42(65)57(74)64(12)44(28-37-21-23-39(77-13)24-22-37)59(76)78-36(10)49(54(71)61-48)62-53(70)43(27-32(4)5)63(11)55(72)40-29-38-18-15-16-20-46(38)79-58(40)75/h15-16,18,20-24,29,31-36,41-45,48-49,51,66H,14,17,19,25-28,30H2,1-13H3,(H,60,69)(H,61,71)(H,62,70)/t34-,35-,36-,41+,42-,43+,44-,45+,48+,49-,51+/m0/s1. The molecule has 438 valence electrons. The van der Waals surface area contributed by atoms with Gasteiger partial charge in [-0.15, -0.1) is 0 Å². The Balaban J connectivity index is 1.63. The van der Waals surface area contributed by atoms with Gasteiger partial charge in [0.25, 0.3) is 5.91 Å². The number of carbonyl (C=O) groups excluding carboxylic acids is 9.